The van der Waals surface area contributed by atoms with Gasteiger partial charge in [0.15, 0.2) is 0 Å². The Morgan fingerprint density at radius 2 is 1.50 bits per heavy atom. The molecule has 0 spiro atoms. The highest BCUT2D eigenvalue weighted by atomic mass is 15.1. The molecular weight excluding hydrogens is 410 g/mol. The molecular formula is C33H47N. The molecule has 0 unspecified atom stereocenters. The van der Waals surface area contributed by atoms with E-state index in [9.17, 15) is 0 Å². The van der Waals surface area contributed by atoms with Gasteiger partial charge in [0, 0.05) is 17.1 Å². The highest BCUT2D eigenvalue weighted by molar-refractivity contribution is 5.63. The average Bonchev–Trinajstić information content (AvgIpc) is 2.85. The van der Waals surface area contributed by atoms with Gasteiger partial charge in [0.05, 0.1) is 0 Å². The van der Waals surface area contributed by atoms with E-state index in [2.05, 4.69) is 119 Å². The van der Waals surface area contributed by atoms with Crippen molar-refractivity contribution in [3.8, 4) is 0 Å². The van der Waals surface area contributed by atoms with Crippen LogP contribution in [0, 0.1) is 5.41 Å². The van der Waals surface area contributed by atoms with E-state index in [1.54, 1.807) is 0 Å². The summed E-state index contributed by atoms with van der Waals surface area (Å²) in [5.41, 5.74) is 4.84. The van der Waals surface area contributed by atoms with Crippen molar-refractivity contribution in [2.24, 2.45) is 5.41 Å². The molecule has 0 bridgehead atoms. The molecule has 1 heteroatoms. The van der Waals surface area contributed by atoms with E-state index in [0.717, 1.165) is 36.3 Å². The Balaban J connectivity index is 0.00000529. The molecule has 0 atom stereocenters. The molecule has 0 aliphatic rings. The van der Waals surface area contributed by atoms with Gasteiger partial charge in [0.25, 0.3) is 0 Å². The number of para-hydroxylation sites is 1. The number of anilines is 1. The number of benzene rings is 1. The highest BCUT2D eigenvalue weighted by Gasteiger charge is 2.15. The standard InChI is InChI=1S/C31H41N.C2H6/c1-8-18-27(19-9-2)21-16-24-29(20-10-3)32(30-22-14-13-15-23-30)28(11-4)25-17-26-31(6,7)12-5;1-2/h8-11,13-20,22-25H,1,3,12,21,26H2,2,4-7H3;1-2H3/b19-9-,24-16-,25-17-,27-18+,28-11+,29-20+;. The lowest BCUT2D eigenvalue weighted by Gasteiger charge is -2.28. The highest BCUT2D eigenvalue weighted by Crippen LogP contribution is 2.28. The fourth-order valence-corrected chi connectivity index (χ4v) is 3.17. The van der Waals surface area contributed by atoms with E-state index < -0.39 is 0 Å². The number of hydrogen-bond acceptors (Lipinski definition) is 1. The maximum Gasteiger partial charge on any atom is 0.0461 e. The van der Waals surface area contributed by atoms with Crippen LogP contribution in [0.5, 0.6) is 0 Å². The van der Waals surface area contributed by atoms with Crippen LogP contribution in [0.4, 0.5) is 5.69 Å². The van der Waals surface area contributed by atoms with Gasteiger partial charge in [0.2, 0.25) is 0 Å². The molecule has 0 aliphatic heterocycles. The summed E-state index contributed by atoms with van der Waals surface area (Å²) in [5.74, 6) is 0. The smallest absolute Gasteiger partial charge is 0.0461 e. The van der Waals surface area contributed by atoms with Gasteiger partial charge in [-0.25, -0.2) is 0 Å². The molecule has 34 heavy (non-hydrogen) atoms. The molecule has 0 aliphatic carbocycles. The van der Waals surface area contributed by atoms with Crippen LogP contribution in [0.2, 0.25) is 0 Å². The van der Waals surface area contributed by atoms with Gasteiger partial charge < -0.3 is 4.90 Å². The first-order chi connectivity index (χ1) is 16.4. The van der Waals surface area contributed by atoms with E-state index in [0.29, 0.717) is 5.41 Å². The first kappa shape index (κ1) is 30.9. The van der Waals surface area contributed by atoms with E-state index in [1.807, 2.05) is 45.1 Å². The second kappa shape index (κ2) is 18.4. The number of allylic oxidation sites excluding steroid dienone is 12. The average molecular weight is 458 g/mol. The maximum absolute atomic E-state index is 3.96. The van der Waals surface area contributed by atoms with Gasteiger partial charge in [-0.05, 0) is 68.0 Å². The van der Waals surface area contributed by atoms with Crippen molar-refractivity contribution < 1.29 is 0 Å². The molecule has 0 radical (unpaired) electrons. The number of rotatable bonds is 13. The lowest BCUT2D eigenvalue weighted by atomic mass is 9.86. The van der Waals surface area contributed by atoms with Crippen LogP contribution in [0.1, 0.15) is 67.7 Å². The molecule has 0 fully saturated rings. The van der Waals surface area contributed by atoms with Crippen molar-refractivity contribution in [1.29, 1.82) is 0 Å². The Hall–Kier alpha value is -3.06. The Bertz CT molecular complexity index is 886. The van der Waals surface area contributed by atoms with Crippen molar-refractivity contribution in [3.05, 3.63) is 127 Å². The molecule has 1 aromatic carbocycles. The summed E-state index contributed by atoms with van der Waals surface area (Å²) in [5, 5.41) is 0. The third-order valence-corrected chi connectivity index (χ3v) is 5.39. The van der Waals surface area contributed by atoms with Crippen LogP contribution in [0.25, 0.3) is 0 Å². The summed E-state index contributed by atoms with van der Waals surface area (Å²) in [6.45, 7) is 22.8. The summed E-state index contributed by atoms with van der Waals surface area (Å²) in [4.78, 5) is 2.28. The van der Waals surface area contributed by atoms with Crippen molar-refractivity contribution in [1.82, 2.24) is 0 Å². The zero-order chi connectivity index (χ0) is 25.8. The van der Waals surface area contributed by atoms with Crippen LogP contribution < -0.4 is 4.90 Å². The van der Waals surface area contributed by atoms with Gasteiger partial charge in [-0.1, -0.05) is 121 Å². The van der Waals surface area contributed by atoms with Gasteiger partial charge in [-0.3, -0.25) is 0 Å². The van der Waals surface area contributed by atoms with Crippen LogP contribution in [0.15, 0.2) is 127 Å². The largest absolute Gasteiger partial charge is 0.311 e. The van der Waals surface area contributed by atoms with Gasteiger partial charge >= 0.3 is 0 Å². The third kappa shape index (κ3) is 11.7. The van der Waals surface area contributed by atoms with Crippen molar-refractivity contribution in [3.63, 3.8) is 0 Å². The zero-order valence-corrected chi connectivity index (χ0v) is 22.7. The quantitative estimate of drug-likeness (QED) is 0.266. The first-order valence-corrected chi connectivity index (χ1v) is 12.5. The third-order valence-electron chi connectivity index (χ3n) is 5.39. The summed E-state index contributed by atoms with van der Waals surface area (Å²) in [7, 11) is 0. The Kier molecular flexibility index (Phi) is 16.7. The summed E-state index contributed by atoms with van der Waals surface area (Å²) >= 11 is 0. The van der Waals surface area contributed by atoms with E-state index in [4.69, 9.17) is 0 Å². The molecule has 1 nitrogen and oxygen atoms in total. The van der Waals surface area contributed by atoms with Crippen LogP contribution in [-0.2, 0) is 0 Å². The van der Waals surface area contributed by atoms with E-state index in [-0.39, 0.29) is 0 Å². The summed E-state index contributed by atoms with van der Waals surface area (Å²) in [6, 6.07) is 10.5. The minimum absolute atomic E-state index is 0.299. The molecule has 0 N–H and O–H groups in total. The minimum atomic E-state index is 0.299. The predicted molar refractivity (Wildman–Crippen MR) is 157 cm³/mol. The van der Waals surface area contributed by atoms with E-state index in [1.165, 1.54) is 5.57 Å². The van der Waals surface area contributed by atoms with Crippen molar-refractivity contribution >= 4 is 5.69 Å². The Morgan fingerprint density at radius 1 is 0.882 bits per heavy atom. The van der Waals surface area contributed by atoms with E-state index >= 15 is 0 Å². The second-order valence-corrected chi connectivity index (χ2v) is 8.42. The zero-order valence-electron chi connectivity index (χ0n) is 22.7. The maximum atomic E-state index is 3.96. The van der Waals surface area contributed by atoms with Crippen LogP contribution >= 0.6 is 0 Å². The topological polar surface area (TPSA) is 3.24 Å². The normalized spacial score (nSPS) is 13.3. The monoisotopic (exact) mass is 457 g/mol. The van der Waals surface area contributed by atoms with Gasteiger partial charge in [-0.2, -0.15) is 0 Å². The molecule has 0 amide bonds. The lowest BCUT2D eigenvalue weighted by Crippen LogP contribution is -2.20. The Labute approximate surface area is 211 Å². The summed E-state index contributed by atoms with van der Waals surface area (Å²) < 4.78 is 0. The van der Waals surface area contributed by atoms with Gasteiger partial charge in [-0.15, -0.1) is 0 Å². The van der Waals surface area contributed by atoms with Gasteiger partial charge in [0.1, 0.15) is 0 Å². The second-order valence-electron chi connectivity index (χ2n) is 8.42. The minimum Gasteiger partial charge on any atom is -0.311 e. The fraction of sp³-hybridized carbons (Fsp3) is 0.333. The Morgan fingerprint density at radius 3 is 2.03 bits per heavy atom. The van der Waals surface area contributed by atoms with Crippen LogP contribution in [0.3, 0.4) is 0 Å². The molecule has 0 heterocycles. The molecule has 0 saturated heterocycles. The molecule has 184 valence electrons. The fourth-order valence-electron chi connectivity index (χ4n) is 3.17. The van der Waals surface area contributed by atoms with Crippen molar-refractivity contribution in [2.75, 3.05) is 4.90 Å². The molecule has 0 aromatic heterocycles. The number of nitrogens with zero attached hydrogens (tertiary/aromatic N) is 1. The van der Waals surface area contributed by atoms with Crippen LogP contribution in [-0.4, -0.2) is 0 Å². The summed E-state index contributed by atoms with van der Waals surface area (Å²) in [6.07, 6.45) is 26.0. The predicted octanol–water partition coefficient (Wildman–Crippen LogP) is 10.5. The van der Waals surface area contributed by atoms with Crippen molar-refractivity contribution in [2.45, 2.75) is 67.7 Å². The molecule has 0 saturated carbocycles. The number of hydrogen-bond donors (Lipinski definition) is 0. The SMILES string of the molecule is C=C/C=C(\C=C/C)C/C=C\C(=C/C=C)N(C(/C=C\CC(C)(C)CC)=C/C)c1ccccc1.CC. The lowest BCUT2D eigenvalue weighted by molar-refractivity contribution is 0.357. The molecule has 1 aromatic rings. The molecule has 1 rings (SSSR count). The first-order valence-electron chi connectivity index (χ1n) is 12.5.